The maximum atomic E-state index is 11.0. The van der Waals surface area contributed by atoms with Crippen molar-refractivity contribution in [3.8, 4) is 0 Å². The van der Waals surface area contributed by atoms with Crippen molar-refractivity contribution in [1.82, 2.24) is 9.78 Å². The largest absolute Gasteiger partial charge is 0.478 e. The molecule has 0 saturated carbocycles. The third-order valence-electron chi connectivity index (χ3n) is 2.18. The SMILES string of the molecule is O=C(O)c1ccccc1Cn1cc(Br)cn1. The molecule has 0 unspecified atom stereocenters. The van der Waals surface area contributed by atoms with Crippen molar-refractivity contribution in [2.24, 2.45) is 0 Å². The second kappa shape index (κ2) is 4.49. The lowest BCUT2D eigenvalue weighted by Crippen LogP contribution is -2.07. The second-order valence-electron chi connectivity index (χ2n) is 3.32. The molecule has 0 aliphatic carbocycles. The van der Waals surface area contributed by atoms with Gasteiger partial charge in [-0.25, -0.2) is 4.79 Å². The van der Waals surface area contributed by atoms with E-state index in [9.17, 15) is 4.79 Å². The number of carbonyl (C=O) groups is 1. The second-order valence-corrected chi connectivity index (χ2v) is 4.23. The average Bonchev–Trinajstić information content (AvgIpc) is 2.64. The first kappa shape index (κ1) is 10.9. The van der Waals surface area contributed by atoms with Crippen molar-refractivity contribution in [3.63, 3.8) is 0 Å². The first-order valence-electron chi connectivity index (χ1n) is 4.66. The van der Waals surface area contributed by atoms with E-state index in [4.69, 9.17) is 5.11 Å². The van der Waals surface area contributed by atoms with Crippen molar-refractivity contribution in [2.75, 3.05) is 0 Å². The standard InChI is InChI=1S/C11H9BrN2O2/c12-9-5-13-14(7-9)6-8-3-1-2-4-10(8)11(15)16/h1-5,7H,6H2,(H,15,16). The number of aromatic nitrogens is 2. The summed E-state index contributed by atoms with van der Waals surface area (Å²) in [6, 6.07) is 6.92. The fourth-order valence-corrected chi connectivity index (χ4v) is 1.79. The zero-order valence-electron chi connectivity index (χ0n) is 8.30. The van der Waals surface area contributed by atoms with Gasteiger partial charge in [0.25, 0.3) is 0 Å². The van der Waals surface area contributed by atoms with Gasteiger partial charge in [0, 0.05) is 6.20 Å². The maximum absolute atomic E-state index is 11.0. The number of halogens is 1. The molecule has 0 radical (unpaired) electrons. The molecule has 2 aromatic rings. The van der Waals surface area contributed by atoms with Crippen molar-refractivity contribution in [3.05, 3.63) is 52.3 Å². The van der Waals surface area contributed by atoms with Crippen LogP contribution < -0.4 is 0 Å². The predicted octanol–water partition coefficient (Wildman–Crippen LogP) is 2.39. The first-order chi connectivity index (χ1) is 7.66. The minimum Gasteiger partial charge on any atom is -0.478 e. The Hall–Kier alpha value is -1.62. The lowest BCUT2D eigenvalue weighted by Gasteiger charge is -2.05. The van der Waals surface area contributed by atoms with E-state index >= 15 is 0 Å². The first-order valence-corrected chi connectivity index (χ1v) is 5.45. The van der Waals surface area contributed by atoms with Gasteiger partial charge in [-0.05, 0) is 27.6 Å². The van der Waals surface area contributed by atoms with E-state index in [0.717, 1.165) is 10.0 Å². The van der Waals surface area contributed by atoms with Crippen LogP contribution in [0, 0.1) is 0 Å². The van der Waals surface area contributed by atoms with Gasteiger partial charge < -0.3 is 5.11 Å². The van der Waals surface area contributed by atoms with Gasteiger partial charge in [-0.1, -0.05) is 18.2 Å². The molecular formula is C11H9BrN2O2. The topological polar surface area (TPSA) is 55.1 Å². The Morgan fingerprint density at radius 3 is 2.81 bits per heavy atom. The molecule has 0 aliphatic heterocycles. The molecule has 0 amide bonds. The van der Waals surface area contributed by atoms with Crippen molar-refractivity contribution in [2.45, 2.75) is 6.54 Å². The van der Waals surface area contributed by atoms with Gasteiger partial charge in [-0.3, -0.25) is 4.68 Å². The molecule has 0 atom stereocenters. The van der Waals surface area contributed by atoms with Gasteiger partial charge in [0.05, 0.1) is 22.8 Å². The fourth-order valence-electron chi connectivity index (χ4n) is 1.47. The number of carboxylic acids is 1. The molecule has 0 spiro atoms. The summed E-state index contributed by atoms with van der Waals surface area (Å²) >= 11 is 3.29. The van der Waals surface area contributed by atoms with Gasteiger partial charge in [0.2, 0.25) is 0 Å². The Morgan fingerprint density at radius 2 is 2.19 bits per heavy atom. The number of rotatable bonds is 3. The van der Waals surface area contributed by atoms with Crippen LogP contribution in [0.4, 0.5) is 0 Å². The van der Waals surface area contributed by atoms with Crippen LogP contribution in [0.5, 0.6) is 0 Å². The highest BCUT2D eigenvalue weighted by atomic mass is 79.9. The Morgan fingerprint density at radius 1 is 1.44 bits per heavy atom. The number of aromatic carboxylic acids is 1. The molecule has 5 heteroatoms. The van der Waals surface area contributed by atoms with E-state index in [2.05, 4.69) is 21.0 Å². The lowest BCUT2D eigenvalue weighted by atomic mass is 10.1. The maximum Gasteiger partial charge on any atom is 0.336 e. The average molecular weight is 281 g/mol. The highest BCUT2D eigenvalue weighted by molar-refractivity contribution is 9.10. The molecule has 1 N–H and O–H groups in total. The summed E-state index contributed by atoms with van der Waals surface area (Å²) in [5.74, 6) is -0.915. The van der Waals surface area contributed by atoms with Gasteiger partial charge >= 0.3 is 5.97 Å². The Kier molecular flexibility index (Phi) is 3.05. The minimum absolute atomic E-state index is 0.314. The molecule has 0 aliphatic rings. The zero-order chi connectivity index (χ0) is 11.5. The number of nitrogens with zero attached hydrogens (tertiary/aromatic N) is 2. The van der Waals surface area contributed by atoms with Gasteiger partial charge in [0.1, 0.15) is 0 Å². The number of hydrogen-bond donors (Lipinski definition) is 1. The molecule has 0 saturated heterocycles. The monoisotopic (exact) mass is 280 g/mol. The summed E-state index contributed by atoms with van der Waals surface area (Å²) in [7, 11) is 0. The van der Waals surface area contributed by atoms with Crippen molar-refractivity contribution < 1.29 is 9.90 Å². The van der Waals surface area contributed by atoms with Gasteiger partial charge in [-0.2, -0.15) is 5.10 Å². The van der Waals surface area contributed by atoms with E-state index in [-0.39, 0.29) is 0 Å². The van der Waals surface area contributed by atoms with Crippen LogP contribution in [0.3, 0.4) is 0 Å². The number of benzene rings is 1. The zero-order valence-corrected chi connectivity index (χ0v) is 9.89. The van der Waals surface area contributed by atoms with E-state index in [1.165, 1.54) is 0 Å². The Labute approximate surface area is 101 Å². The highest BCUT2D eigenvalue weighted by Gasteiger charge is 2.09. The van der Waals surface area contributed by atoms with Crippen LogP contribution >= 0.6 is 15.9 Å². The fraction of sp³-hybridized carbons (Fsp3) is 0.0909. The number of carboxylic acid groups (broad SMARTS) is 1. The van der Waals surface area contributed by atoms with Crippen LogP contribution in [0.2, 0.25) is 0 Å². The quantitative estimate of drug-likeness (QED) is 0.939. The van der Waals surface area contributed by atoms with Crippen LogP contribution in [0.15, 0.2) is 41.1 Å². The van der Waals surface area contributed by atoms with E-state index < -0.39 is 5.97 Å². The van der Waals surface area contributed by atoms with Crippen LogP contribution in [-0.4, -0.2) is 20.9 Å². The van der Waals surface area contributed by atoms with Gasteiger partial charge in [-0.15, -0.1) is 0 Å². The van der Waals surface area contributed by atoms with Crippen molar-refractivity contribution in [1.29, 1.82) is 0 Å². The molecule has 16 heavy (non-hydrogen) atoms. The van der Waals surface area contributed by atoms with Crippen LogP contribution in [0.1, 0.15) is 15.9 Å². The molecule has 1 heterocycles. The molecule has 1 aromatic carbocycles. The lowest BCUT2D eigenvalue weighted by molar-refractivity contribution is 0.0695. The van der Waals surface area contributed by atoms with Crippen LogP contribution in [-0.2, 0) is 6.54 Å². The molecule has 0 bridgehead atoms. The van der Waals surface area contributed by atoms with E-state index in [1.807, 2.05) is 6.07 Å². The third kappa shape index (κ3) is 2.30. The summed E-state index contributed by atoms with van der Waals surface area (Å²) in [5.41, 5.74) is 1.06. The molecule has 0 fully saturated rings. The highest BCUT2D eigenvalue weighted by Crippen LogP contribution is 2.12. The van der Waals surface area contributed by atoms with Gasteiger partial charge in [0.15, 0.2) is 0 Å². The third-order valence-corrected chi connectivity index (χ3v) is 2.59. The molecule has 82 valence electrons. The normalized spacial score (nSPS) is 10.3. The Balaban J connectivity index is 2.31. The molecule has 4 nitrogen and oxygen atoms in total. The molecular weight excluding hydrogens is 272 g/mol. The molecule has 1 aromatic heterocycles. The smallest absolute Gasteiger partial charge is 0.336 e. The summed E-state index contributed by atoms with van der Waals surface area (Å²) in [6.45, 7) is 0.452. The minimum atomic E-state index is -0.915. The summed E-state index contributed by atoms with van der Waals surface area (Å²) < 4.78 is 2.56. The van der Waals surface area contributed by atoms with Crippen molar-refractivity contribution >= 4 is 21.9 Å². The Bertz CT molecular complexity index is 522. The van der Waals surface area contributed by atoms with Crippen LogP contribution in [0.25, 0.3) is 0 Å². The molecule has 2 rings (SSSR count). The predicted molar refractivity (Wildman–Crippen MR) is 62.4 cm³/mol. The summed E-state index contributed by atoms with van der Waals surface area (Å²) in [6.07, 6.45) is 3.47. The summed E-state index contributed by atoms with van der Waals surface area (Å²) in [5, 5.41) is 13.1. The van der Waals surface area contributed by atoms with E-state index in [0.29, 0.717) is 12.1 Å². The van der Waals surface area contributed by atoms with E-state index in [1.54, 1.807) is 35.3 Å². The number of hydrogen-bond acceptors (Lipinski definition) is 2. The summed E-state index contributed by atoms with van der Waals surface area (Å²) in [4.78, 5) is 11.0.